The number of aryl methyl sites for hydroxylation is 16. The first kappa shape index (κ1) is 83.1. The van der Waals surface area contributed by atoms with Crippen molar-refractivity contribution in [3.8, 4) is 44.1 Å². The average molecular weight is 1740 g/mol. The lowest BCUT2D eigenvalue weighted by atomic mass is 10.1. The Morgan fingerprint density at radius 3 is 1.00 bits per heavy atom. The summed E-state index contributed by atoms with van der Waals surface area (Å²) < 4.78 is 40.8. The number of rotatable bonds is 4. The molecule has 0 saturated heterocycles. The SMILES string of the molecule is Cc1ccc(-c2nc3cc4nc(C)oc4cc3o2)cc1.Cc1ccc(-c2nc3cc4nc(C)sc4cc3s2)cc1.Cc1ccc(-c2nc3cc4oc(C)nc4cc3o2)cc1.Cc1ccc(-c2nc3cc4sc(C)nc4cc3s2)cc1.Cc1ccc2nc(C)oc2c1.Cc1ccc2nc(C)sc2c1.Cc1ccc2oc(C)nc2c1.Cc1ccc2sc(C)nc2c1. The number of aromatic nitrogens is 12. The predicted octanol–water partition coefficient (Wildman–Crippen LogP) is 29.6. The molecule has 0 spiro atoms. The van der Waals surface area contributed by atoms with E-state index in [4.69, 9.17) is 36.5 Å². The van der Waals surface area contributed by atoms with Crippen molar-refractivity contribution in [2.75, 3.05) is 0 Å². The van der Waals surface area contributed by atoms with Crippen LogP contribution in [0.15, 0.2) is 245 Å². The van der Waals surface area contributed by atoms with Gasteiger partial charge >= 0.3 is 0 Å². The number of hydrogen-bond donors (Lipinski definition) is 0. The number of hydrogen-bond acceptors (Lipinski definition) is 24. The lowest BCUT2D eigenvalue weighted by Crippen LogP contribution is -1.77. The molecule has 0 saturated carbocycles. The van der Waals surface area contributed by atoms with Crippen molar-refractivity contribution >= 4 is 196 Å². The van der Waals surface area contributed by atoms with Gasteiger partial charge in [-0.1, -0.05) is 119 Å². The maximum absolute atomic E-state index is 5.82. The Labute approximate surface area is 737 Å². The molecule has 0 atom stereocenters. The van der Waals surface area contributed by atoms with Gasteiger partial charge in [0.05, 0.1) is 81.3 Å². The molecule has 0 aliphatic carbocycles. The molecular formula is C100H84N12O6S6. The molecule has 616 valence electrons. The second-order valence-corrected chi connectivity index (χ2v) is 37.4. The van der Waals surface area contributed by atoms with Crippen LogP contribution in [-0.2, 0) is 0 Å². The first-order chi connectivity index (χ1) is 59.8. The summed E-state index contributed by atoms with van der Waals surface area (Å²) in [5.74, 6) is 3.97. The zero-order chi connectivity index (χ0) is 86.1. The van der Waals surface area contributed by atoms with E-state index in [-0.39, 0.29) is 0 Å². The summed E-state index contributed by atoms with van der Waals surface area (Å²) in [6.45, 7) is 32.1. The van der Waals surface area contributed by atoms with Gasteiger partial charge in [0.15, 0.2) is 57.1 Å². The molecule has 0 radical (unpaired) electrons. The second kappa shape index (κ2) is 35.7. The molecule has 0 aliphatic heterocycles. The van der Waals surface area contributed by atoms with Crippen molar-refractivity contribution in [2.45, 2.75) is 111 Å². The van der Waals surface area contributed by atoms with E-state index in [9.17, 15) is 0 Å². The Kier molecular flexibility index (Phi) is 23.9. The van der Waals surface area contributed by atoms with Crippen LogP contribution in [0.4, 0.5) is 0 Å². The first-order valence-corrected chi connectivity index (χ1v) is 45.0. The minimum atomic E-state index is 0.615. The molecule has 0 amide bonds. The lowest BCUT2D eigenvalue weighted by molar-refractivity contribution is 0.559. The fraction of sp³-hybridized carbons (Fsp3) is 0.160. The Hall–Kier alpha value is -13.2. The van der Waals surface area contributed by atoms with Crippen LogP contribution in [0, 0.1) is 111 Å². The standard InChI is InChI=1S/2C16H12N2O2.2C16H12N2S2.2C9H9NO.2C9H9NS/c1-9-3-5-11(6-4-9)16-18-13-8-14-12(7-15(13)20-16)17-10(2)19-14;1-9-3-5-11(6-4-9)16-18-13-7-12-14(8-15(13)20-16)19-10(2)17-12;1-9-3-5-11(6-4-9)16-18-13-8-14-12(7-15(13)20-16)17-10(2)19-14;1-9-3-5-11(6-4-9)16-18-13-7-12-14(8-15(13)20-16)19-10(2)17-12;1-6-3-4-9-8(5-6)10-7(2)11-9;1-6-3-4-8-9(5-6)11-7(2)10-8;1-6-3-4-9-8(5-6)10-7(2)11-9;1-6-3-4-8-9(5-6)11-7(2)10-8/h4*3-8H,1-2H3;4*3-5H,1-2H3. The van der Waals surface area contributed by atoms with Crippen LogP contribution < -0.4 is 0 Å². The first-order valence-electron chi connectivity index (χ1n) is 40.1. The summed E-state index contributed by atoms with van der Waals surface area (Å²) in [7, 11) is 0. The van der Waals surface area contributed by atoms with E-state index in [0.29, 0.717) is 29.1 Å². The summed E-state index contributed by atoms with van der Waals surface area (Å²) in [6, 6.07) is 74.1. The molecule has 12 heterocycles. The number of thiazole rings is 6. The molecular weight excluding hydrogens is 1660 g/mol. The highest BCUT2D eigenvalue weighted by molar-refractivity contribution is 7.23. The number of benzene rings is 12. The number of nitrogens with zero attached hydrogens (tertiary/aromatic N) is 12. The summed E-state index contributed by atoms with van der Waals surface area (Å²) in [5.41, 5.74) is 30.5. The molecule has 0 aliphatic rings. The summed E-state index contributed by atoms with van der Waals surface area (Å²) in [5, 5.41) is 6.66. The topological polar surface area (TPSA) is 234 Å². The van der Waals surface area contributed by atoms with Gasteiger partial charge in [-0.05, 0) is 208 Å². The van der Waals surface area contributed by atoms with Crippen LogP contribution in [0.2, 0.25) is 0 Å². The Morgan fingerprint density at radius 2 is 0.468 bits per heavy atom. The van der Waals surface area contributed by atoms with E-state index < -0.39 is 0 Å². The molecule has 0 fully saturated rings. The molecule has 0 bridgehead atoms. The minimum absolute atomic E-state index is 0.615. The molecule has 12 aromatic carbocycles. The van der Waals surface area contributed by atoms with Gasteiger partial charge in [0.25, 0.3) is 0 Å². The fourth-order valence-corrected chi connectivity index (χ4v) is 19.2. The summed E-state index contributed by atoms with van der Waals surface area (Å²) >= 11 is 10.5. The summed E-state index contributed by atoms with van der Waals surface area (Å²) in [4.78, 5) is 53.4. The van der Waals surface area contributed by atoms with Crippen LogP contribution >= 0.6 is 68.0 Å². The Morgan fingerprint density at radius 1 is 0.169 bits per heavy atom. The fourth-order valence-electron chi connectivity index (χ4n) is 13.7. The Bertz CT molecular complexity index is 6830. The quantitative estimate of drug-likeness (QED) is 0.159. The molecule has 24 rings (SSSR count). The molecule has 12 aromatic heterocycles. The van der Waals surface area contributed by atoms with Crippen LogP contribution in [0.5, 0.6) is 0 Å². The van der Waals surface area contributed by atoms with E-state index in [2.05, 4.69) is 201 Å². The average Bonchev–Trinajstić information content (AvgIpc) is 1.64. The van der Waals surface area contributed by atoms with Crippen molar-refractivity contribution in [1.82, 2.24) is 59.8 Å². The number of fused-ring (bicyclic) bond motifs is 12. The van der Waals surface area contributed by atoms with Crippen molar-refractivity contribution in [3.05, 3.63) is 306 Å². The van der Waals surface area contributed by atoms with Gasteiger partial charge in [0.2, 0.25) is 11.8 Å². The smallest absolute Gasteiger partial charge is 0.227 e. The maximum Gasteiger partial charge on any atom is 0.227 e. The van der Waals surface area contributed by atoms with E-state index in [0.717, 1.165) is 147 Å². The third kappa shape index (κ3) is 19.5. The lowest BCUT2D eigenvalue weighted by Gasteiger charge is -1.95. The Balaban J connectivity index is 0.000000102. The molecule has 124 heavy (non-hydrogen) atoms. The van der Waals surface area contributed by atoms with Crippen LogP contribution in [0.3, 0.4) is 0 Å². The van der Waals surface area contributed by atoms with Crippen molar-refractivity contribution in [1.29, 1.82) is 0 Å². The number of oxazole rings is 6. The van der Waals surface area contributed by atoms with Crippen molar-refractivity contribution in [2.24, 2.45) is 0 Å². The molecule has 0 unspecified atom stereocenters. The van der Waals surface area contributed by atoms with Gasteiger partial charge in [-0.3, -0.25) is 0 Å². The third-order valence-electron chi connectivity index (χ3n) is 19.8. The zero-order valence-electron chi connectivity index (χ0n) is 71.1. The second-order valence-electron chi connectivity index (χ2n) is 30.4. The zero-order valence-corrected chi connectivity index (χ0v) is 75.9. The highest BCUT2D eigenvalue weighted by atomic mass is 32.1. The highest BCUT2D eigenvalue weighted by Crippen LogP contribution is 2.38. The van der Waals surface area contributed by atoms with E-state index in [1.165, 1.54) is 83.8 Å². The van der Waals surface area contributed by atoms with Crippen LogP contribution in [0.25, 0.3) is 172 Å². The van der Waals surface area contributed by atoms with Crippen molar-refractivity contribution < 1.29 is 26.5 Å². The van der Waals surface area contributed by atoms with Gasteiger partial charge in [0, 0.05) is 68.1 Å². The van der Waals surface area contributed by atoms with Gasteiger partial charge in [0.1, 0.15) is 43.1 Å². The highest BCUT2D eigenvalue weighted by Gasteiger charge is 2.17. The monoisotopic (exact) mass is 1740 g/mol. The van der Waals surface area contributed by atoms with Crippen LogP contribution in [-0.4, -0.2) is 59.8 Å². The predicted molar refractivity (Wildman–Crippen MR) is 514 cm³/mol. The maximum atomic E-state index is 5.82. The largest absolute Gasteiger partial charge is 0.441 e. The molecule has 24 aromatic rings. The molecule has 0 N–H and O–H groups in total. The van der Waals surface area contributed by atoms with E-state index in [1.807, 2.05) is 178 Å². The van der Waals surface area contributed by atoms with E-state index >= 15 is 0 Å². The summed E-state index contributed by atoms with van der Waals surface area (Å²) in [6.07, 6.45) is 0. The van der Waals surface area contributed by atoms with Crippen LogP contribution in [0.1, 0.15) is 88.1 Å². The molecule has 18 nitrogen and oxygen atoms in total. The third-order valence-corrected chi connectivity index (χ3v) is 25.7. The normalized spacial score (nSPS) is 11.2. The van der Waals surface area contributed by atoms with Gasteiger partial charge in [-0.15, -0.1) is 68.0 Å². The minimum Gasteiger partial charge on any atom is -0.441 e. The van der Waals surface area contributed by atoms with Gasteiger partial charge in [-0.2, -0.15) is 0 Å². The van der Waals surface area contributed by atoms with Crippen molar-refractivity contribution in [3.63, 3.8) is 0 Å². The van der Waals surface area contributed by atoms with E-state index in [1.54, 1.807) is 68.0 Å². The van der Waals surface area contributed by atoms with Gasteiger partial charge in [-0.25, -0.2) is 59.8 Å². The molecule has 24 heteroatoms. The van der Waals surface area contributed by atoms with Gasteiger partial charge < -0.3 is 26.5 Å².